The highest BCUT2D eigenvalue weighted by molar-refractivity contribution is 7.89. The molecule has 5 heteroatoms. The molecule has 3 aromatic rings. The van der Waals surface area contributed by atoms with Crippen molar-refractivity contribution in [2.75, 3.05) is 0 Å². The van der Waals surface area contributed by atoms with E-state index in [0.717, 1.165) is 11.1 Å². The Kier molecular flexibility index (Phi) is 5.52. The summed E-state index contributed by atoms with van der Waals surface area (Å²) in [5, 5.41) is 0. The fraction of sp³-hybridized carbons (Fsp3) is 0.143. The molecule has 26 heavy (non-hydrogen) atoms. The van der Waals surface area contributed by atoms with Gasteiger partial charge in [-0.2, -0.15) is 0 Å². The number of hydrogen-bond acceptors (Lipinski definition) is 3. The molecule has 0 aliphatic rings. The number of nitrogens with two attached hydrogens (primary N) is 1. The summed E-state index contributed by atoms with van der Waals surface area (Å²) in [6, 6.07) is 24.7. The zero-order valence-corrected chi connectivity index (χ0v) is 15.4. The van der Waals surface area contributed by atoms with Crippen LogP contribution in [-0.2, 0) is 10.0 Å². The Bertz CT molecular complexity index is 958. The van der Waals surface area contributed by atoms with Gasteiger partial charge in [-0.15, -0.1) is 0 Å². The lowest BCUT2D eigenvalue weighted by molar-refractivity contribution is 0.503. The SMILES string of the molecule is Cc1ccccc1S(=O)(=O)NC(c1ccccc1)C(N)c1ccccc1. The minimum Gasteiger partial charge on any atom is -0.322 e. The summed E-state index contributed by atoms with van der Waals surface area (Å²) in [6.45, 7) is 1.78. The Hall–Kier alpha value is -2.47. The van der Waals surface area contributed by atoms with E-state index in [1.165, 1.54) is 0 Å². The molecule has 0 aliphatic carbocycles. The number of benzene rings is 3. The molecule has 3 aromatic carbocycles. The molecule has 0 radical (unpaired) electrons. The van der Waals surface area contributed by atoms with Crippen LogP contribution >= 0.6 is 0 Å². The monoisotopic (exact) mass is 366 g/mol. The van der Waals surface area contributed by atoms with Crippen LogP contribution < -0.4 is 10.5 Å². The van der Waals surface area contributed by atoms with Crippen molar-refractivity contribution in [3.05, 3.63) is 102 Å². The lowest BCUT2D eigenvalue weighted by Gasteiger charge is -2.26. The number of hydrogen-bond donors (Lipinski definition) is 2. The summed E-state index contributed by atoms with van der Waals surface area (Å²) in [5.74, 6) is 0. The maximum absolute atomic E-state index is 13.0. The highest BCUT2D eigenvalue weighted by Gasteiger charge is 2.28. The van der Waals surface area contributed by atoms with Gasteiger partial charge in [0.25, 0.3) is 0 Å². The molecule has 2 atom stereocenters. The third-order valence-electron chi connectivity index (χ3n) is 4.37. The van der Waals surface area contributed by atoms with Gasteiger partial charge in [0.1, 0.15) is 0 Å². The van der Waals surface area contributed by atoms with Crippen molar-refractivity contribution >= 4 is 10.0 Å². The van der Waals surface area contributed by atoms with Crippen LogP contribution in [0.2, 0.25) is 0 Å². The van der Waals surface area contributed by atoms with E-state index in [0.29, 0.717) is 5.56 Å². The third kappa shape index (κ3) is 4.02. The van der Waals surface area contributed by atoms with Crippen LogP contribution in [0.4, 0.5) is 0 Å². The van der Waals surface area contributed by atoms with Crippen molar-refractivity contribution in [3.63, 3.8) is 0 Å². The van der Waals surface area contributed by atoms with Crippen LogP contribution in [0.25, 0.3) is 0 Å². The molecule has 0 fully saturated rings. The van der Waals surface area contributed by atoms with Gasteiger partial charge >= 0.3 is 0 Å². The van der Waals surface area contributed by atoms with E-state index >= 15 is 0 Å². The highest BCUT2D eigenvalue weighted by Crippen LogP contribution is 2.29. The van der Waals surface area contributed by atoms with Crippen molar-refractivity contribution in [1.82, 2.24) is 4.72 Å². The molecule has 2 unspecified atom stereocenters. The maximum atomic E-state index is 13.0. The van der Waals surface area contributed by atoms with Crippen molar-refractivity contribution in [2.24, 2.45) is 5.73 Å². The second kappa shape index (κ2) is 7.83. The molecule has 0 saturated heterocycles. The van der Waals surface area contributed by atoms with Crippen LogP contribution in [0.1, 0.15) is 28.8 Å². The smallest absolute Gasteiger partial charge is 0.241 e. The fourth-order valence-electron chi connectivity index (χ4n) is 2.97. The predicted molar refractivity (Wildman–Crippen MR) is 104 cm³/mol. The topological polar surface area (TPSA) is 72.2 Å². The number of sulfonamides is 1. The summed E-state index contributed by atoms with van der Waals surface area (Å²) in [5.41, 5.74) is 8.85. The van der Waals surface area contributed by atoms with E-state index in [1.807, 2.05) is 66.7 Å². The van der Waals surface area contributed by atoms with E-state index in [2.05, 4.69) is 4.72 Å². The van der Waals surface area contributed by atoms with Gasteiger partial charge in [0.15, 0.2) is 0 Å². The normalized spacial score (nSPS) is 13.9. The van der Waals surface area contributed by atoms with Crippen LogP contribution in [0.15, 0.2) is 89.8 Å². The van der Waals surface area contributed by atoms with E-state index in [4.69, 9.17) is 5.73 Å². The molecule has 4 nitrogen and oxygen atoms in total. The Morgan fingerprint density at radius 2 is 1.27 bits per heavy atom. The quantitative estimate of drug-likeness (QED) is 0.698. The molecule has 3 rings (SSSR count). The first kappa shape index (κ1) is 18.3. The summed E-state index contributed by atoms with van der Waals surface area (Å²) in [4.78, 5) is 0.265. The maximum Gasteiger partial charge on any atom is 0.241 e. The molecule has 0 amide bonds. The van der Waals surface area contributed by atoms with Gasteiger partial charge in [-0.1, -0.05) is 78.9 Å². The first-order valence-corrected chi connectivity index (χ1v) is 9.91. The molecule has 0 aromatic heterocycles. The zero-order chi connectivity index (χ0) is 18.6. The Balaban J connectivity index is 2.01. The van der Waals surface area contributed by atoms with Crippen LogP contribution in [0, 0.1) is 6.92 Å². The van der Waals surface area contributed by atoms with Gasteiger partial charge in [-0.25, -0.2) is 13.1 Å². The molecule has 0 bridgehead atoms. The van der Waals surface area contributed by atoms with Gasteiger partial charge < -0.3 is 5.73 Å². The van der Waals surface area contributed by atoms with Crippen LogP contribution in [0.3, 0.4) is 0 Å². The third-order valence-corrected chi connectivity index (χ3v) is 5.97. The Morgan fingerprint density at radius 3 is 1.85 bits per heavy atom. The van der Waals surface area contributed by atoms with E-state index in [1.54, 1.807) is 25.1 Å². The van der Waals surface area contributed by atoms with Gasteiger partial charge in [-0.05, 0) is 29.7 Å². The van der Waals surface area contributed by atoms with E-state index in [-0.39, 0.29) is 4.90 Å². The second-order valence-corrected chi connectivity index (χ2v) is 7.89. The summed E-state index contributed by atoms with van der Waals surface area (Å²) >= 11 is 0. The largest absolute Gasteiger partial charge is 0.322 e. The minimum atomic E-state index is -3.72. The molecule has 0 saturated carbocycles. The average molecular weight is 366 g/mol. The molecular weight excluding hydrogens is 344 g/mol. The molecule has 0 spiro atoms. The molecule has 134 valence electrons. The predicted octanol–water partition coefficient (Wildman–Crippen LogP) is 3.71. The van der Waals surface area contributed by atoms with Gasteiger partial charge in [-0.3, -0.25) is 0 Å². The first-order valence-electron chi connectivity index (χ1n) is 8.42. The van der Waals surface area contributed by atoms with E-state index < -0.39 is 22.1 Å². The summed E-state index contributed by atoms with van der Waals surface area (Å²) < 4.78 is 28.8. The summed E-state index contributed by atoms with van der Waals surface area (Å²) in [7, 11) is -3.72. The Morgan fingerprint density at radius 1 is 0.769 bits per heavy atom. The molecule has 3 N–H and O–H groups in total. The van der Waals surface area contributed by atoms with E-state index in [9.17, 15) is 8.42 Å². The lowest BCUT2D eigenvalue weighted by atomic mass is 9.95. The minimum absolute atomic E-state index is 0.265. The zero-order valence-electron chi connectivity index (χ0n) is 14.5. The average Bonchev–Trinajstić information content (AvgIpc) is 2.67. The summed E-state index contributed by atoms with van der Waals surface area (Å²) in [6.07, 6.45) is 0. The van der Waals surface area contributed by atoms with Crippen molar-refractivity contribution in [2.45, 2.75) is 23.9 Å². The van der Waals surface area contributed by atoms with Crippen LogP contribution in [-0.4, -0.2) is 8.42 Å². The van der Waals surface area contributed by atoms with Crippen LogP contribution in [0.5, 0.6) is 0 Å². The number of nitrogens with one attached hydrogen (secondary N) is 1. The first-order chi connectivity index (χ1) is 12.5. The number of rotatable bonds is 6. The van der Waals surface area contributed by atoms with Gasteiger partial charge in [0.05, 0.1) is 17.0 Å². The van der Waals surface area contributed by atoms with Gasteiger partial charge in [0, 0.05) is 0 Å². The van der Waals surface area contributed by atoms with Crippen molar-refractivity contribution in [3.8, 4) is 0 Å². The van der Waals surface area contributed by atoms with Crippen molar-refractivity contribution in [1.29, 1.82) is 0 Å². The molecular formula is C21H22N2O2S. The molecule has 0 aliphatic heterocycles. The standard InChI is InChI=1S/C21H22N2O2S/c1-16-10-8-9-15-19(16)26(24,25)23-21(18-13-6-3-7-14-18)20(22)17-11-4-2-5-12-17/h2-15,20-21,23H,22H2,1H3. The fourth-order valence-corrected chi connectivity index (χ4v) is 4.46. The number of aryl methyl sites for hydroxylation is 1. The highest BCUT2D eigenvalue weighted by atomic mass is 32.2. The van der Waals surface area contributed by atoms with Crippen molar-refractivity contribution < 1.29 is 8.42 Å². The second-order valence-electron chi connectivity index (χ2n) is 6.21. The lowest BCUT2D eigenvalue weighted by Crippen LogP contribution is -2.36. The van der Waals surface area contributed by atoms with Gasteiger partial charge in [0.2, 0.25) is 10.0 Å². The Labute approximate surface area is 154 Å². The molecule has 0 heterocycles.